The van der Waals surface area contributed by atoms with Crippen molar-refractivity contribution in [1.82, 2.24) is 4.98 Å². The molecule has 0 aliphatic rings. The zero-order valence-electron chi connectivity index (χ0n) is 9.30. The number of aldehydes is 1. The van der Waals surface area contributed by atoms with Gasteiger partial charge < -0.3 is 5.11 Å². The summed E-state index contributed by atoms with van der Waals surface area (Å²) < 4.78 is 0. The molecule has 0 spiro atoms. The maximum absolute atomic E-state index is 10.3. The lowest BCUT2D eigenvalue weighted by atomic mass is 10.1. The molecule has 0 saturated carbocycles. The summed E-state index contributed by atoms with van der Waals surface area (Å²) in [6, 6.07) is 8.53. The first-order valence-corrected chi connectivity index (χ1v) is 5.32. The Morgan fingerprint density at radius 2 is 2.06 bits per heavy atom. The summed E-state index contributed by atoms with van der Waals surface area (Å²) in [4.78, 5) is 14.0. The molecule has 1 aromatic heterocycles. The molecule has 0 atom stereocenters. The molecule has 2 aromatic rings. The normalized spacial score (nSPS) is 9.06. The van der Waals surface area contributed by atoms with E-state index in [1.165, 1.54) is 6.20 Å². The fourth-order valence-corrected chi connectivity index (χ4v) is 1.29. The monoisotopic (exact) mass is 249 g/mol. The second-order valence-corrected chi connectivity index (χ2v) is 3.69. The van der Waals surface area contributed by atoms with E-state index in [-0.39, 0.29) is 5.75 Å². The summed E-state index contributed by atoms with van der Waals surface area (Å²) in [5, 5.41) is 9.21. The van der Waals surface area contributed by atoms with E-state index in [9.17, 15) is 4.79 Å². The molecule has 1 aromatic carbocycles. The molecule has 1 heterocycles. The van der Waals surface area contributed by atoms with Crippen molar-refractivity contribution in [3.63, 3.8) is 0 Å². The summed E-state index contributed by atoms with van der Waals surface area (Å²) in [6.45, 7) is 1.83. The first-order valence-electron chi connectivity index (χ1n) is 4.94. The summed E-state index contributed by atoms with van der Waals surface area (Å²) in [5.41, 5.74) is 1.51. The highest BCUT2D eigenvalue weighted by Crippen LogP contribution is 2.16. The molecular weight excluding hydrogens is 238 g/mol. The van der Waals surface area contributed by atoms with Gasteiger partial charge in [0.2, 0.25) is 0 Å². The smallest absolute Gasteiger partial charge is 0.150 e. The summed E-state index contributed by atoms with van der Waals surface area (Å²) in [5.74, 6) is 0.211. The lowest BCUT2D eigenvalue weighted by Gasteiger charge is -1.97. The number of halogens is 1. The molecular formula is C13H12ClNO2. The van der Waals surface area contributed by atoms with E-state index >= 15 is 0 Å². The molecule has 0 aliphatic heterocycles. The number of aromatic hydroxyl groups is 1. The van der Waals surface area contributed by atoms with Crippen LogP contribution < -0.4 is 0 Å². The maximum Gasteiger partial charge on any atom is 0.150 e. The predicted molar refractivity (Wildman–Crippen MR) is 67.5 cm³/mol. The van der Waals surface area contributed by atoms with Gasteiger partial charge in [-0.15, -0.1) is 0 Å². The van der Waals surface area contributed by atoms with Gasteiger partial charge in [-0.3, -0.25) is 9.78 Å². The van der Waals surface area contributed by atoms with Crippen LogP contribution in [0.2, 0.25) is 5.02 Å². The average molecular weight is 250 g/mol. The van der Waals surface area contributed by atoms with Gasteiger partial charge in [0.25, 0.3) is 0 Å². The molecule has 88 valence electrons. The van der Waals surface area contributed by atoms with Gasteiger partial charge in [-0.1, -0.05) is 23.7 Å². The van der Waals surface area contributed by atoms with Crippen LogP contribution in [0.5, 0.6) is 5.75 Å². The third kappa shape index (κ3) is 4.25. The van der Waals surface area contributed by atoms with Gasteiger partial charge in [-0.05, 0) is 30.7 Å². The van der Waals surface area contributed by atoms with Crippen LogP contribution in [0.4, 0.5) is 0 Å². The first-order chi connectivity index (χ1) is 8.15. The van der Waals surface area contributed by atoms with E-state index in [1.54, 1.807) is 36.5 Å². The van der Waals surface area contributed by atoms with E-state index < -0.39 is 0 Å². The van der Waals surface area contributed by atoms with Crippen LogP contribution in [0.1, 0.15) is 15.9 Å². The van der Waals surface area contributed by atoms with Crippen molar-refractivity contribution in [2.75, 3.05) is 0 Å². The summed E-state index contributed by atoms with van der Waals surface area (Å²) in [6.07, 6.45) is 3.81. The molecule has 1 N–H and O–H groups in total. The molecule has 17 heavy (non-hydrogen) atoms. The largest absolute Gasteiger partial charge is 0.506 e. The highest BCUT2D eigenvalue weighted by atomic mass is 35.5. The van der Waals surface area contributed by atoms with Crippen molar-refractivity contribution >= 4 is 17.9 Å². The van der Waals surface area contributed by atoms with E-state index in [2.05, 4.69) is 4.98 Å². The lowest BCUT2D eigenvalue weighted by molar-refractivity contribution is 0.112. The number of aromatic nitrogens is 1. The zero-order valence-corrected chi connectivity index (χ0v) is 10.1. The van der Waals surface area contributed by atoms with Gasteiger partial charge in [-0.25, -0.2) is 0 Å². The number of benzene rings is 1. The third-order valence-corrected chi connectivity index (χ3v) is 2.49. The molecule has 0 bridgehead atoms. The molecule has 3 nitrogen and oxygen atoms in total. The Bertz CT molecular complexity index is 486. The van der Waals surface area contributed by atoms with Gasteiger partial charge in [-0.2, -0.15) is 0 Å². The Morgan fingerprint density at radius 3 is 2.47 bits per heavy atom. The molecule has 0 unspecified atom stereocenters. The standard InChI is InChI=1S/C8H7ClO.C5H5NO/c1-6-7(5-10)3-2-4-8(6)9;7-5-2-1-3-6-4-5/h2-5H,1H3;1-4,7H. The van der Waals surface area contributed by atoms with Crippen molar-refractivity contribution in [1.29, 1.82) is 0 Å². The van der Waals surface area contributed by atoms with Crippen LogP contribution in [0.3, 0.4) is 0 Å². The fourth-order valence-electron chi connectivity index (χ4n) is 1.11. The van der Waals surface area contributed by atoms with E-state index in [0.717, 1.165) is 11.8 Å². The number of hydrogen-bond acceptors (Lipinski definition) is 3. The molecule has 0 fully saturated rings. The van der Waals surface area contributed by atoms with Crippen LogP contribution >= 0.6 is 11.6 Å². The van der Waals surface area contributed by atoms with Gasteiger partial charge in [0.1, 0.15) is 12.0 Å². The van der Waals surface area contributed by atoms with Crippen molar-refractivity contribution in [2.45, 2.75) is 6.92 Å². The third-order valence-electron chi connectivity index (χ3n) is 2.08. The molecule has 0 aliphatic carbocycles. The summed E-state index contributed by atoms with van der Waals surface area (Å²) in [7, 11) is 0. The number of hydrogen-bond donors (Lipinski definition) is 1. The van der Waals surface area contributed by atoms with Gasteiger partial charge in [0.05, 0.1) is 6.20 Å². The van der Waals surface area contributed by atoms with Crippen molar-refractivity contribution < 1.29 is 9.90 Å². The second-order valence-electron chi connectivity index (χ2n) is 3.28. The summed E-state index contributed by atoms with van der Waals surface area (Å²) >= 11 is 5.73. The van der Waals surface area contributed by atoms with Crippen LogP contribution in [0, 0.1) is 6.92 Å². The first kappa shape index (κ1) is 13.2. The van der Waals surface area contributed by atoms with E-state index in [1.807, 2.05) is 6.92 Å². The number of rotatable bonds is 1. The number of carbonyl (C=O) groups is 1. The SMILES string of the molecule is Cc1c(Cl)cccc1C=O.Oc1cccnc1. The lowest BCUT2D eigenvalue weighted by Crippen LogP contribution is -1.85. The van der Waals surface area contributed by atoms with Crippen LogP contribution in [0.25, 0.3) is 0 Å². The Labute approximate surface area is 105 Å². The Hall–Kier alpha value is -1.87. The number of nitrogens with zero attached hydrogens (tertiary/aromatic N) is 1. The minimum absolute atomic E-state index is 0.211. The molecule has 0 saturated heterocycles. The van der Waals surface area contributed by atoms with Crippen LogP contribution in [-0.2, 0) is 0 Å². The second kappa shape index (κ2) is 6.66. The van der Waals surface area contributed by atoms with E-state index in [0.29, 0.717) is 10.6 Å². The fraction of sp³-hybridized carbons (Fsp3) is 0.0769. The Kier molecular flexibility index (Phi) is 5.17. The van der Waals surface area contributed by atoms with Gasteiger partial charge >= 0.3 is 0 Å². The zero-order chi connectivity index (χ0) is 12.7. The van der Waals surface area contributed by atoms with Crippen LogP contribution in [-0.4, -0.2) is 16.4 Å². The Balaban J connectivity index is 0.000000181. The molecule has 0 radical (unpaired) electrons. The van der Waals surface area contributed by atoms with Crippen molar-refractivity contribution in [3.8, 4) is 5.75 Å². The van der Waals surface area contributed by atoms with Crippen LogP contribution in [0.15, 0.2) is 42.7 Å². The van der Waals surface area contributed by atoms with Crippen molar-refractivity contribution in [2.24, 2.45) is 0 Å². The minimum atomic E-state index is 0.211. The predicted octanol–water partition coefficient (Wildman–Crippen LogP) is 3.25. The average Bonchev–Trinajstić information content (AvgIpc) is 2.34. The highest BCUT2D eigenvalue weighted by molar-refractivity contribution is 6.31. The minimum Gasteiger partial charge on any atom is -0.506 e. The van der Waals surface area contributed by atoms with E-state index in [4.69, 9.17) is 16.7 Å². The maximum atomic E-state index is 10.3. The van der Waals surface area contributed by atoms with Gasteiger partial charge in [0.15, 0.2) is 0 Å². The molecule has 2 rings (SSSR count). The molecule has 4 heteroatoms. The Morgan fingerprint density at radius 1 is 1.29 bits per heavy atom. The topological polar surface area (TPSA) is 50.2 Å². The number of carbonyl (C=O) groups excluding carboxylic acids is 1. The quantitative estimate of drug-likeness (QED) is 0.790. The highest BCUT2D eigenvalue weighted by Gasteiger charge is 1.98. The van der Waals surface area contributed by atoms with Crippen molar-refractivity contribution in [3.05, 3.63) is 58.9 Å². The van der Waals surface area contributed by atoms with Gasteiger partial charge in [0, 0.05) is 16.8 Å². The number of pyridine rings is 1. The molecule has 0 amide bonds.